The van der Waals surface area contributed by atoms with Crippen molar-refractivity contribution in [3.05, 3.63) is 0 Å². The van der Waals surface area contributed by atoms with Crippen molar-refractivity contribution in [2.45, 2.75) is 96.2 Å². The van der Waals surface area contributed by atoms with Gasteiger partial charge in [-0.2, -0.15) is 0 Å². The molecule has 0 aromatic rings. The summed E-state index contributed by atoms with van der Waals surface area (Å²) in [5.41, 5.74) is 0.194. The summed E-state index contributed by atoms with van der Waals surface area (Å²) < 4.78 is 12.1. The lowest BCUT2D eigenvalue weighted by Gasteiger charge is -2.47. The average Bonchev–Trinajstić information content (AvgIpc) is 2.55. The molecule has 0 aromatic heterocycles. The quantitative estimate of drug-likeness (QED) is 0.630. The summed E-state index contributed by atoms with van der Waals surface area (Å²) in [5, 5.41) is 0. The van der Waals surface area contributed by atoms with E-state index in [0.717, 1.165) is 24.9 Å². The zero-order chi connectivity index (χ0) is 15.1. The van der Waals surface area contributed by atoms with Crippen molar-refractivity contribution in [2.24, 2.45) is 11.8 Å². The Morgan fingerprint density at radius 2 is 1.57 bits per heavy atom. The van der Waals surface area contributed by atoms with E-state index in [9.17, 15) is 0 Å². The van der Waals surface area contributed by atoms with Gasteiger partial charge in [0.1, 0.15) is 0 Å². The van der Waals surface area contributed by atoms with Crippen molar-refractivity contribution in [3.63, 3.8) is 0 Å². The Hall–Kier alpha value is -0.0800. The Kier molecular flexibility index (Phi) is 7.01. The van der Waals surface area contributed by atoms with Crippen molar-refractivity contribution < 1.29 is 9.47 Å². The van der Waals surface area contributed by atoms with Crippen LogP contribution in [0.1, 0.15) is 84.5 Å². The van der Waals surface area contributed by atoms with Crippen molar-refractivity contribution >= 4 is 0 Å². The van der Waals surface area contributed by atoms with Crippen LogP contribution in [0.5, 0.6) is 0 Å². The van der Waals surface area contributed by atoms with Gasteiger partial charge < -0.3 is 9.47 Å². The maximum Gasteiger partial charge on any atom is 0.0707 e. The van der Waals surface area contributed by atoms with E-state index in [1.807, 2.05) is 7.11 Å². The highest BCUT2D eigenvalue weighted by atomic mass is 16.5. The van der Waals surface area contributed by atoms with Gasteiger partial charge in [-0.1, -0.05) is 26.7 Å². The lowest BCUT2D eigenvalue weighted by atomic mass is 9.66. The molecule has 0 bridgehead atoms. The van der Waals surface area contributed by atoms with Crippen LogP contribution in [-0.2, 0) is 9.47 Å². The smallest absolute Gasteiger partial charge is 0.0707 e. The van der Waals surface area contributed by atoms with Crippen LogP contribution in [0.2, 0.25) is 0 Å². The van der Waals surface area contributed by atoms with E-state index in [0.29, 0.717) is 6.10 Å². The van der Waals surface area contributed by atoms with Crippen LogP contribution in [-0.4, -0.2) is 25.4 Å². The lowest BCUT2D eigenvalue weighted by Crippen LogP contribution is -2.45. The maximum absolute atomic E-state index is 6.12. The fraction of sp³-hybridized carbons (Fsp3) is 1.00. The third-order valence-corrected chi connectivity index (χ3v) is 6.03. The molecule has 0 amide bonds. The van der Waals surface area contributed by atoms with Gasteiger partial charge in [-0.3, -0.25) is 0 Å². The van der Waals surface area contributed by atoms with Gasteiger partial charge in [0.05, 0.1) is 11.7 Å². The first-order valence-corrected chi connectivity index (χ1v) is 9.40. The molecule has 2 saturated carbocycles. The summed E-state index contributed by atoms with van der Waals surface area (Å²) in [6.07, 6.45) is 14.9. The molecule has 0 atom stereocenters. The normalized spacial score (nSPS) is 37.6. The predicted molar refractivity (Wildman–Crippen MR) is 88.6 cm³/mol. The second kappa shape index (κ2) is 8.53. The van der Waals surface area contributed by atoms with E-state index in [4.69, 9.17) is 9.47 Å². The van der Waals surface area contributed by atoms with E-state index in [2.05, 4.69) is 13.8 Å². The SMILES string of the molecule is CCCO[C@H]1CC[C@H]([C@]2(OC)CC[C@H](CCC)CC2)CC1. The predicted octanol–water partition coefficient (Wildman–Crippen LogP) is 5.35. The highest BCUT2D eigenvalue weighted by Crippen LogP contribution is 2.46. The van der Waals surface area contributed by atoms with Crippen LogP contribution in [0.4, 0.5) is 0 Å². The molecule has 2 fully saturated rings. The van der Waals surface area contributed by atoms with Gasteiger partial charge in [0.25, 0.3) is 0 Å². The van der Waals surface area contributed by atoms with Crippen molar-refractivity contribution in [2.75, 3.05) is 13.7 Å². The van der Waals surface area contributed by atoms with Crippen LogP contribution >= 0.6 is 0 Å². The summed E-state index contributed by atoms with van der Waals surface area (Å²) in [4.78, 5) is 0. The minimum atomic E-state index is 0.194. The summed E-state index contributed by atoms with van der Waals surface area (Å²) in [6, 6.07) is 0. The fourth-order valence-corrected chi connectivity index (χ4v) is 4.68. The van der Waals surface area contributed by atoms with Crippen molar-refractivity contribution in [1.82, 2.24) is 0 Å². The second-order valence-corrected chi connectivity index (χ2v) is 7.35. The van der Waals surface area contributed by atoms with Gasteiger partial charge in [-0.25, -0.2) is 0 Å². The molecule has 0 unspecified atom stereocenters. The molecular formula is C19H36O2. The summed E-state index contributed by atoms with van der Waals surface area (Å²) >= 11 is 0. The zero-order valence-corrected chi connectivity index (χ0v) is 14.5. The number of methoxy groups -OCH3 is 1. The third kappa shape index (κ3) is 4.45. The van der Waals surface area contributed by atoms with Crippen LogP contribution in [0.25, 0.3) is 0 Å². The number of ether oxygens (including phenoxy) is 2. The molecule has 0 radical (unpaired) electrons. The number of hydrogen-bond donors (Lipinski definition) is 0. The van der Waals surface area contributed by atoms with Gasteiger partial charge in [0, 0.05) is 13.7 Å². The standard InChI is InChI=1S/C19H36O2/c1-4-6-16-11-13-19(20-3,14-12-16)17-7-9-18(10-8-17)21-15-5-2/h16-18H,4-15H2,1-3H3/t16-,17-,18-,19-. The maximum atomic E-state index is 6.12. The van der Waals surface area contributed by atoms with Gasteiger partial charge in [0.2, 0.25) is 0 Å². The van der Waals surface area contributed by atoms with E-state index in [1.54, 1.807) is 0 Å². The zero-order valence-electron chi connectivity index (χ0n) is 14.5. The van der Waals surface area contributed by atoms with E-state index < -0.39 is 0 Å². The number of hydrogen-bond acceptors (Lipinski definition) is 2. The topological polar surface area (TPSA) is 18.5 Å². The molecule has 0 spiro atoms. The molecule has 2 aliphatic carbocycles. The van der Waals surface area contributed by atoms with Gasteiger partial charge in [-0.05, 0) is 69.6 Å². The molecular weight excluding hydrogens is 260 g/mol. The van der Waals surface area contributed by atoms with Crippen molar-refractivity contribution in [1.29, 1.82) is 0 Å². The lowest BCUT2D eigenvalue weighted by molar-refractivity contribution is -0.113. The van der Waals surface area contributed by atoms with Gasteiger partial charge in [-0.15, -0.1) is 0 Å². The Balaban J connectivity index is 1.82. The molecule has 0 aromatic carbocycles. The molecule has 0 heterocycles. The van der Waals surface area contributed by atoms with E-state index in [1.165, 1.54) is 64.2 Å². The van der Waals surface area contributed by atoms with Crippen molar-refractivity contribution in [3.8, 4) is 0 Å². The first-order valence-electron chi connectivity index (χ1n) is 9.40. The number of rotatable bonds is 7. The molecule has 2 rings (SSSR count). The highest BCUT2D eigenvalue weighted by molar-refractivity contribution is 4.94. The largest absolute Gasteiger partial charge is 0.378 e. The second-order valence-electron chi connectivity index (χ2n) is 7.35. The fourth-order valence-electron chi connectivity index (χ4n) is 4.68. The van der Waals surface area contributed by atoms with Crippen LogP contribution < -0.4 is 0 Å². The Morgan fingerprint density at radius 3 is 2.10 bits per heavy atom. The highest BCUT2D eigenvalue weighted by Gasteiger charge is 2.43. The molecule has 2 heteroatoms. The van der Waals surface area contributed by atoms with E-state index in [-0.39, 0.29) is 5.60 Å². The Morgan fingerprint density at radius 1 is 0.905 bits per heavy atom. The summed E-state index contributed by atoms with van der Waals surface area (Å²) in [7, 11) is 1.96. The molecule has 124 valence electrons. The molecule has 0 aliphatic heterocycles. The Bertz CT molecular complexity index is 273. The van der Waals surface area contributed by atoms with Crippen LogP contribution in [0.15, 0.2) is 0 Å². The van der Waals surface area contributed by atoms with Gasteiger partial charge in [0.15, 0.2) is 0 Å². The molecule has 2 nitrogen and oxygen atoms in total. The minimum Gasteiger partial charge on any atom is -0.378 e. The van der Waals surface area contributed by atoms with Crippen LogP contribution in [0, 0.1) is 11.8 Å². The summed E-state index contributed by atoms with van der Waals surface area (Å²) in [6.45, 7) is 5.44. The monoisotopic (exact) mass is 296 g/mol. The Labute approximate surface area is 132 Å². The molecule has 2 aliphatic rings. The molecule has 0 N–H and O–H groups in total. The first kappa shape index (κ1) is 17.3. The average molecular weight is 296 g/mol. The van der Waals surface area contributed by atoms with Gasteiger partial charge >= 0.3 is 0 Å². The first-order chi connectivity index (χ1) is 10.2. The molecule has 21 heavy (non-hydrogen) atoms. The third-order valence-electron chi connectivity index (χ3n) is 6.03. The minimum absolute atomic E-state index is 0.194. The molecule has 0 saturated heterocycles. The van der Waals surface area contributed by atoms with Crippen LogP contribution in [0.3, 0.4) is 0 Å². The van der Waals surface area contributed by atoms with E-state index >= 15 is 0 Å². The summed E-state index contributed by atoms with van der Waals surface area (Å²) in [5.74, 6) is 1.73.